The van der Waals surface area contributed by atoms with Crippen LogP contribution in [0.4, 0.5) is 0 Å². The molecule has 0 radical (unpaired) electrons. The highest BCUT2D eigenvalue weighted by molar-refractivity contribution is 9.10. The second kappa shape index (κ2) is 6.46. The molecule has 21 heavy (non-hydrogen) atoms. The summed E-state index contributed by atoms with van der Waals surface area (Å²) in [6.45, 7) is 1.86. The van der Waals surface area contributed by atoms with Crippen molar-refractivity contribution in [3.63, 3.8) is 0 Å². The van der Waals surface area contributed by atoms with Crippen LogP contribution in [0.5, 0.6) is 0 Å². The average Bonchev–Trinajstić information content (AvgIpc) is 2.92. The molecule has 0 amide bonds. The molecule has 1 aliphatic carbocycles. The van der Waals surface area contributed by atoms with Crippen molar-refractivity contribution in [2.45, 2.75) is 43.5 Å². The van der Waals surface area contributed by atoms with Crippen molar-refractivity contribution < 1.29 is 18.3 Å². The second-order valence-electron chi connectivity index (χ2n) is 5.40. The van der Waals surface area contributed by atoms with Gasteiger partial charge in [0.15, 0.2) is 0 Å². The number of halogens is 1. The highest BCUT2D eigenvalue weighted by Gasteiger charge is 2.27. The second-order valence-corrected chi connectivity index (χ2v) is 7.94. The molecule has 0 unspecified atom stereocenters. The van der Waals surface area contributed by atoms with Crippen LogP contribution < -0.4 is 4.72 Å². The van der Waals surface area contributed by atoms with Crippen LogP contribution >= 0.6 is 15.9 Å². The van der Waals surface area contributed by atoms with Gasteiger partial charge in [0.2, 0.25) is 10.0 Å². The maximum atomic E-state index is 12.5. The summed E-state index contributed by atoms with van der Waals surface area (Å²) in [7, 11) is -3.74. The fourth-order valence-corrected chi connectivity index (χ4v) is 5.01. The molecular formula is C14H18BrNO4S. The van der Waals surface area contributed by atoms with Gasteiger partial charge in [-0.15, -0.1) is 0 Å². The van der Waals surface area contributed by atoms with Crippen molar-refractivity contribution in [3.05, 3.63) is 28.2 Å². The van der Waals surface area contributed by atoms with E-state index in [-0.39, 0.29) is 16.5 Å². The standard InChI is InChI=1S/C14H18BrNO4S/c1-9(10-4-2-3-5-10)16-21(19,20)13-8-11(14(17)18)6-7-12(13)15/h6-10,16H,2-5H2,1H3,(H,17,18)/t9-/m1/s1. The SMILES string of the molecule is C[C@@H](NS(=O)(=O)c1cc(C(=O)O)ccc1Br)C1CCCC1. The van der Waals surface area contributed by atoms with Crippen molar-refractivity contribution in [3.8, 4) is 0 Å². The van der Waals surface area contributed by atoms with E-state index in [9.17, 15) is 13.2 Å². The Morgan fingerprint density at radius 1 is 1.38 bits per heavy atom. The molecule has 1 aliphatic rings. The summed E-state index contributed by atoms with van der Waals surface area (Å²) in [6, 6.07) is 3.83. The summed E-state index contributed by atoms with van der Waals surface area (Å²) in [5.41, 5.74) is -0.0490. The minimum absolute atomic E-state index is 0.0350. The van der Waals surface area contributed by atoms with E-state index in [1.54, 1.807) is 0 Å². The van der Waals surface area contributed by atoms with Gasteiger partial charge in [-0.1, -0.05) is 12.8 Å². The van der Waals surface area contributed by atoms with Gasteiger partial charge in [0.05, 0.1) is 10.5 Å². The number of rotatable bonds is 5. The van der Waals surface area contributed by atoms with E-state index in [1.165, 1.54) is 18.2 Å². The molecule has 1 fully saturated rings. The molecular weight excluding hydrogens is 358 g/mol. The lowest BCUT2D eigenvalue weighted by molar-refractivity contribution is 0.0696. The summed E-state index contributed by atoms with van der Waals surface area (Å²) >= 11 is 3.18. The van der Waals surface area contributed by atoms with Crippen LogP contribution in [0.25, 0.3) is 0 Å². The molecule has 1 aromatic carbocycles. The van der Waals surface area contributed by atoms with E-state index in [0.29, 0.717) is 10.4 Å². The Labute approximate surface area is 132 Å². The summed E-state index contributed by atoms with van der Waals surface area (Å²) < 4.78 is 28.0. The monoisotopic (exact) mass is 375 g/mol. The molecule has 0 heterocycles. The van der Waals surface area contributed by atoms with Gasteiger partial charge in [-0.25, -0.2) is 17.9 Å². The lowest BCUT2D eigenvalue weighted by Crippen LogP contribution is -2.37. The molecule has 5 nitrogen and oxygen atoms in total. The van der Waals surface area contributed by atoms with Crippen molar-refractivity contribution in [2.24, 2.45) is 5.92 Å². The molecule has 2 rings (SSSR count). The Bertz CT molecular complexity index is 638. The summed E-state index contributed by atoms with van der Waals surface area (Å²) in [6.07, 6.45) is 4.32. The first kappa shape index (κ1) is 16.5. The summed E-state index contributed by atoms with van der Waals surface area (Å²) in [5, 5.41) is 8.99. The number of hydrogen-bond acceptors (Lipinski definition) is 3. The Balaban J connectivity index is 2.26. The predicted octanol–water partition coefficient (Wildman–Crippen LogP) is 3.00. The first-order valence-electron chi connectivity index (χ1n) is 6.86. The van der Waals surface area contributed by atoms with Gasteiger partial charge in [0.25, 0.3) is 0 Å². The molecule has 1 atom stereocenters. The number of aromatic carboxylic acids is 1. The molecule has 0 bridgehead atoms. The van der Waals surface area contributed by atoms with Gasteiger partial charge in [-0.3, -0.25) is 0 Å². The molecule has 116 valence electrons. The number of hydrogen-bond donors (Lipinski definition) is 2. The van der Waals surface area contributed by atoms with E-state index in [2.05, 4.69) is 20.7 Å². The number of carboxylic acids is 1. The van der Waals surface area contributed by atoms with Crippen LogP contribution in [0.1, 0.15) is 43.0 Å². The Morgan fingerprint density at radius 2 is 2.00 bits per heavy atom. The highest BCUT2D eigenvalue weighted by Crippen LogP contribution is 2.29. The Hall–Kier alpha value is -0.920. The minimum Gasteiger partial charge on any atom is -0.478 e. The molecule has 0 aliphatic heterocycles. The van der Waals surface area contributed by atoms with Crippen LogP contribution in [0.3, 0.4) is 0 Å². The van der Waals surface area contributed by atoms with Gasteiger partial charge in [0.1, 0.15) is 0 Å². The Kier molecular flexibility index (Phi) is 5.06. The van der Waals surface area contributed by atoms with E-state index in [0.717, 1.165) is 25.7 Å². The van der Waals surface area contributed by atoms with E-state index in [1.807, 2.05) is 6.92 Å². The molecule has 2 N–H and O–H groups in total. The predicted molar refractivity (Wildman–Crippen MR) is 82.8 cm³/mol. The van der Waals surface area contributed by atoms with Crippen LogP contribution in [0, 0.1) is 5.92 Å². The topological polar surface area (TPSA) is 83.5 Å². The first-order valence-corrected chi connectivity index (χ1v) is 9.14. The summed E-state index contributed by atoms with van der Waals surface area (Å²) in [4.78, 5) is 11.0. The quantitative estimate of drug-likeness (QED) is 0.828. The van der Waals surface area contributed by atoms with Crippen molar-refractivity contribution in [1.29, 1.82) is 0 Å². The fourth-order valence-electron chi connectivity index (χ4n) is 2.70. The van der Waals surface area contributed by atoms with E-state index < -0.39 is 16.0 Å². The van der Waals surface area contributed by atoms with Crippen LogP contribution in [-0.2, 0) is 10.0 Å². The molecule has 0 saturated heterocycles. The maximum Gasteiger partial charge on any atom is 0.335 e. The van der Waals surface area contributed by atoms with Crippen LogP contribution in [0.15, 0.2) is 27.6 Å². The van der Waals surface area contributed by atoms with Crippen molar-refractivity contribution in [2.75, 3.05) is 0 Å². The normalized spacial score (nSPS) is 17.8. The Morgan fingerprint density at radius 3 is 2.57 bits per heavy atom. The third-order valence-electron chi connectivity index (χ3n) is 3.92. The smallest absolute Gasteiger partial charge is 0.335 e. The average molecular weight is 376 g/mol. The van der Waals surface area contributed by atoms with Crippen molar-refractivity contribution in [1.82, 2.24) is 4.72 Å². The zero-order valence-electron chi connectivity index (χ0n) is 11.7. The molecule has 7 heteroatoms. The zero-order chi connectivity index (χ0) is 15.6. The lowest BCUT2D eigenvalue weighted by atomic mass is 10.0. The third kappa shape index (κ3) is 3.84. The number of carboxylic acid groups (broad SMARTS) is 1. The lowest BCUT2D eigenvalue weighted by Gasteiger charge is -2.20. The molecule has 1 aromatic rings. The molecule has 0 spiro atoms. The van der Waals surface area contributed by atoms with E-state index >= 15 is 0 Å². The highest BCUT2D eigenvalue weighted by atomic mass is 79.9. The molecule has 1 saturated carbocycles. The number of nitrogens with one attached hydrogen (secondary N) is 1. The van der Waals surface area contributed by atoms with Gasteiger partial charge in [-0.05, 0) is 59.8 Å². The van der Waals surface area contributed by atoms with Crippen molar-refractivity contribution >= 4 is 31.9 Å². The van der Waals surface area contributed by atoms with Gasteiger partial charge in [-0.2, -0.15) is 0 Å². The third-order valence-corrected chi connectivity index (χ3v) is 6.47. The number of benzene rings is 1. The number of carbonyl (C=O) groups is 1. The largest absolute Gasteiger partial charge is 0.478 e. The fraction of sp³-hybridized carbons (Fsp3) is 0.500. The van der Waals surface area contributed by atoms with Gasteiger partial charge >= 0.3 is 5.97 Å². The molecule has 0 aromatic heterocycles. The minimum atomic E-state index is -3.74. The van der Waals surface area contributed by atoms with Gasteiger partial charge < -0.3 is 5.11 Å². The number of sulfonamides is 1. The van der Waals surface area contributed by atoms with Crippen LogP contribution in [-0.4, -0.2) is 25.5 Å². The zero-order valence-corrected chi connectivity index (χ0v) is 14.1. The van der Waals surface area contributed by atoms with Crippen LogP contribution in [0.2, 0.25) is 0 Å². The van der Waals surface area contributed by atoms with Gasteiger partial charge in [0, 0.05) is 10.5 Å². The van der Waals surface area contributed by atoms with E-state index in [4.69, 9.17) is 5.11 Å². The maximum absolute atomic E-state index is 12.5. The first-order chi connectivity index (χ1) is 9.81. The summed E-state index contributed by atoms with van der Waals surface area (Å²) in [5.74, 6) is -0.802.